The normalized spacial score (nSPS) is 18.8. The number of urea groups is 1. The Morgan fingerprint density at radius 1 is 1.03 bits per heavy atom. The van der Waals surface area contributed by atoms with Crippen molar-refractivity contribution in [3.63, 3.8) is 0 Å². The van der Waals surface area contributed by atoms with E-state index in [1.807, 2.05) is 60.7 Å². The maximum atomic E-state index is 13.4. The van der Waals surface area contributed by atoms with Crippen LogP contribution < -0.4 is 10.6 Å². The van der Waals surface area contributed by atoms with Gasteiger partial charge in [0.25, 0.3) is 5.91 Å². The van der Waals surface area contributed by atoms with Gasteiger partial charge in [-0.05, 0) is 23.5 Å². The highest BCUT2D eigenvalue weighted by Crippen LogP contribution is 2.32. The van der Waals surface area contributed by atoms with E-state index in [-0.39, 0.29) is 12.5 Å². The molecular formula is C23H27N3O3. The van der Waals surface area contributed by atoms with Crippen molar-refractivity contribution in [2.24, 2.45) is 5.92 Å². The highest BCUT2D eigenvalue weighted by atomic mass is 16.2. The smallest absolute Gasteiger partial charge is 0.325 e. The summed E-state index contributed by atoms with van der Waals surface area (Å²) in [7, 11) is 0. The lowest BCUT2D eigenvalue weighted by Crippen LogP contribution is -2.47. The molecule has 4 amide bonds. The third-order valence-corrected chi connectivity index (χ3v) is 5.10. The molecular weight excluding hydrogens is 366 g/mol. The molecule has 0 radical (unpaired) electrons. The summed E-state index contributed by atoms with van der Waals surface area (Å²) in [5.74, 6) is -0.280. The van der Waals surface area contributed by atoms with Crippen LogP contribution in [0.25, 0.3) is 0 Å². The fourth-order valence-electron chi connectivity index (χ4n) is 3.51. The zero-order valence-corrected chi connectivity index (χ0v) is 16.9. The lowest BCUT2D eigenvalue weighted by atomic mass is 9.83. The van der Waals surface area contributed by atoms with E-state index in [0.717, 1.165) is 16.9 Å². The van der Waals surface area contributed by atoms with E-state index in [0.29, 0.717) is 24.4 Å². The number of benzene rings is 2. The molecule has 0 aliphatic carbocycles. The summed E-state index contributed by atoms with van der Waals surface area (Å²) in [6, 6.07) is 18.2. The third-order valence-electron chi connectivity index (χ3n) is 5.10. The van der Waals surface area contributed by atoms with E-state index >= 15 is 0 Å². The number of amides is 4. The van der Waals surface area contributed by atoms with Crippen molar-refractivity contribution in [3.8, 4) is 0 Å². The molecule has 2 aromatic carbocycles. The van der Waals surface area contributed by atoms with Crippen LogP contribution in [0.1, 0.15) is 31.4 Å². The SMILES string of the molecule is CC(C)CCNC(=O)CN1C(=O)NC(Cc2ccccc2)(c2ccccc2)C1=O. The predicted molar refractivity (Wildman–Crippen MR) is 111 cm³/mol. The van der Waals surface area contributed by atoms with E-state index in [2.05, 4.69) is 24.5 Å². The van der Waals surface area contributed by atoms with Crippen molar-refractivity contribution < 1.29 is 14.4 Å². The summed E-state index contributed by atoms with van der Waals surface area (Å²) in [6.45, 7) is 4.38. The molecule has 152 valence electrons. The summed E-state index contributed by atoms with van der Waals surface area (Å²) in [5.41, 5.74) is 0.399. The van der Waals surface area contributed by atoms with Crippen LogP contribution in [0.5, 0.6) is 0 Å². The molecule has 1 heterocycles. The molecule has 1 aliphatic rings. The van der Waals surface area contributed by atoms with E-state index < -0.39 is 17.5 Å². The van der Waals surface area contributed by atoms with Gasteiger partial charge in [-0.2, -0.15) is 0 Å². The molecule has 6 nitrogen and oxygen atoms in total. The zero-order chi connectivity index (χ0) is 20.9. The van der Waals surface area contributed by atoms with Gasteiger partial charge in [-0.1, -0.05) is 74.5 Å². The standard InChI is InChI=1S/C23H27N3O3/c1-17(2)13-14-24-20(27)16-26-21(28)23(25-22(26)29,19-11-7-4-8-12-19)15-18-9-5-3-6-10-18/h3-12,17H,13-16H2,1-2H3,(H,24,27)(H,25,29). The van der Waals surface area contributed by atoms with Gasteiger partial charge in [-0.15, -0.1) is 0 Å². The van der Waals surface area contributed by atoms with Gasteiger partial charge in [-0.3, -0.25) is 14.5 Å². The maximum Gasteiger partial charge on any atom is 0.325 e. The second-order valence-electron chi connectivity index (χ2n) is 7.79. The number of hydrogen-bond acceptors (Lipinski definition) is 3. The molecule has 1 saturated heterocycles. The molecule has 1 atom stereocenters. The molecule has 1 unspecified atom stereocenters. The van der Waals surface area contributed by atoms with Gasteiger partial charge < -0.3 is 10.6 Å². The highest BCUT2D eigenvalue weighted by molar-refractivity contribution is 6.09. The average molecular weight is 393 g/mol. The first-order chi connectivity index (χ1) is 13.9. The summed E-state index contributed by atoms with van der Waals surface area (Å²) >= 11 is 0. The van der Waals surface area contributed by atoms with Crippen LogP contribution >= 0.6 is 0 Å². The number of carbonyl (C=O) groups excluding carboxylic acids is 3. The molecule has 0 spiro atoms. The van der Waals surface area contributed by atoms with Crippen molar-refractivity contribution in [2.45, 2.75) is 32.2 Å². The van der Waals surface area contributed by atoms with Crippen LogP contribution in [0.4, 0.5) is 4.79 Å². The largest absolute Gasteiger partial charge is 0.355 e. The second kappa shape index (κ2) is 8.90. The first kappa shape index (κ1) is 20.6. The van der Waals surface area contributed by atoms with E-state index in [1.54, 1.807) is 0 Å². The highest BCUT2D eigenvalue weighted by Gasteiger charge is 2.52. The Balaban J connectivity index is 1.83. The Hall–Kier alpha value is -3.15. The Kier molecular flexibility index (Phi) is 6.32. The van der Waals surface area contributed by atoms with Crippen LogP contribution in [-0.4, -0.2) is 35.8 Å². The molecule has 2 aromatic rings. The fraction of sp³-hybridized carbons (Fsp3) is 0.348. The molecule has 2 N–H and O–H groups in total. The molecule has 29 heavy (non-hydrogen) atoms. The lowest BCUT2D eigenvalue weighted by molar-refractivity contribution is -0.135. The summed E-state index contributed by atoms with van der Waals surface area (Å²) < 4.78 is 0. The van der Waals surface area contributed by atoms with Gasteiger partial charge in [0.15, 0.2) is 5.54 Å². The van der Waals surface area contributed by atoms with Crippen molar-refractivity contribution in [2.75, 3.05) is 13.1 Å². The first-order valence-corrected chi connectivity index (χ1v) is 9.92. The third kappa shape index (κ3) is 4.65. The lowest BCUT2D eigenvalue weighted by Gasteiger charge is -2.27. The summed E-state index contributed by atoms with van der Waals surface area (Å²) in [6.07, 6.45) is 1.15. The van der Waals surface area contributed by atoms with E-state index in [1.165, 1.54) is 0 Å². The minimum Gasteiger partial charge on any atom is -0.355 e. The van der Waals surface area contributed by atoms with Gasteiger partial charge in [-0.25, -0.2) is 4.79 Å². The molecule has 3 rings (SSSR count). The molecule has 6 heteroatoms. The van der Waals surface area contributed by atoms with Gasteiger partial charge in [0.2, 0.25) is 5.91 Å². The number of hydrogen-bond donors (Lipinski definition) is 2. The number of carbonyl (C=O) groups is 3. The van der Waals surface area contributed by atoms with Crippen LogP contribution in [0.2, 0.25) is 0 Å². The number of rotatable bonds is 8. The fourth-order valence-corrected chi connectivity index (χ4v) is 3.51. The topological polar surface area (TPSA) is 78.5 Å². The van der Waals surface area contributed by atoms with Crippen molar-refractivity contribution in [1.29, 1.82) is 0 Å². The van der Waals surface area contributed by atoms with Gasteiger partial charge >= 0.3 is 6.03 Å². The minimum absolute atomic E-state index is 0.286. The van der Waals surface area contributed by atoms with Gasteiger partial charge in [0, 0.05) is 13.0 Å². The number of nitrogens with zero attached hydrogens (tertiary/aromatic N) is 1. The van der Waals surface area contributed by atoms with Crippen LogP contribution in [0.3, 0.4) is 0 Å². The Morgan fingerprint density at radius 3 is 2.28 bits per heavy atom. The van der Waals surface area contributed by atoms with Gasteiger partial charge in [0.05, 0.1) is 0 Å². The molecule has 0 aromatic heterocycles. The Labute approximate surface area is 171 Å². The number of imide groups is 1. The molecule has 1 fully saturated rings. The molecule has 1 aliphatic heterocycles. The van der Waals surface area contributed by atoms with Crippen LogP contribution in [0, 0.1) is 5.92 Å². The average Bonchev–Trinajstić information content (AvgIpc) is 2.94. The molecule has 0 bridgehead atoms. The summed E-state index contributed by atoms with van der Waals surface area (Å²) in [5, 5.41) is 5.66. The minimum atomic E-state index is -1.22. The van der Waals surface area contributed by atoms with Crippen LogP contribution in [0.15, 0.2) is 60.7 Å². The quantitative estimate of drug-likeness (QED) is 0.677. The summed E-state index contributed by atoms with van der Waals surface area (Å²) in [4.78, 5) is 39.4. The van der Waals surface area contributed by atoms with Crippen molar-refractivity contribution in [1.82, 2.24) is 15.5 Å². The Bertz CT molecular complexity index is 867. The van der Waals surface area contributed by atoms with Crippen molar-refractivity contribution >= 4 is 17.8 Å². The monoisotopic (exact) mass is 393 g/mol. The second-order valence-corrected chi connectivity index (χ2v) is 7.79. The van der Waals surface area contributed by atoms with E-state index in [9.17, 15) is 14.4 Å². The maximum absolute atomic E-state index is 13.4. The Morgan fingerprint density at radius 2 is 1.66 bits per heavy atom. The van der Waals surface area contributed by atoms with E-state index in [4.69, 9.17) is 0 Å². The van der Waals surface area contributed by atoms with Crippen LogP contribution in [-0.2, 0) is 21.5 Å². The molecule has 0 saturated carbocycles. The first-order valence-electron chi connectivity index (χ1n) is 9.92. The predicted octanol–water partition coefficient (Wildman–Crippen LogP) is 2.84. The van der Waals surface area contributed by atoms with Gasteiger partial charge in [0.1, 0.15) is 6.54 Å². The zero-order valence-electron chi connectivity index (χ0n) is 16.9. The number of nitrogens with one attached hydrogen (secondary N) is 2. The van der Waals surface area contributed by atoms with Crippen molar-refractivity contribution in [3.05, 3.63) is 71.8 Å².